The summed E-state index contributed by atoms with van der Waals surface area (Å²) in [5.74, 6) is -0.168. The second-order valence-electron chi connectivity index (χ2n) is 7.89. The van der Waals surface area contributed by atoms with Crippen molar-refractivity contribution < 1.29 is 9.59 Å². The standard InChI is InChI=1S/C29H41N3O2/c1-3-4-5-6-7-8-9-10-11-12-13-14-15-16-17-18-19-20-28(33)30-23-24-31-29(34)27-22-21-26(2)32-25-27/h4-5,7-8,10-11,13-14,16-17,21-22,25H,3,6,9,12,15,18-20,23-24H2,1-2H3,(H,30,33)(H,31,34)/b5-4-,8-7-,11-10-,14-13-,17-16-. The van der Waals surface area contributed by atoms with E-state index in [4.69, 9.17) is 0 Å². The lowest BCUT2D eigenvalue weighted by Gasteiger charge is -2.07. The summed E-state index contributed by atoms with van der Waals surface area (Å²) < 4.78 is 0. The molecule has 0 aromatic carbocycles. The number of rotatable bonds is 17. The summed E-state index contributed by atoms with van der Waals surface area (Å²) in [6, 6.07) is 3.54. The maximum Gasteiger partial charge on any atom is 0.252 e. The number of hydrogen-bond acceptors (Lipinski definition) is 3. The van der Waals surface area contributed by atoms with Gasteiger partial charge in [0.25, 0.3) is 5.91 Å². The van der Waals surface area contributed by atoms with Crippen LogP contribution in [0.15, 0.2) is 79.1 Å². The number of nitrogens with one attached hydrogen (secondary N) is 2. The fraction of sp³-hybridized carbons (Fsp3) is 0.414. The third-order valence-corrected chi connectivity index (χ3v) is 4.84. The summed E-state index contributed by atoms with van der Waals surface area (Å²) in [5.41, 5.74) is 1.39. The minimum Gasteiger partial charge on any atom is -0.354 e. The molecule has 1 aromatic rings. The molecule has 0 unspecified atom stereocenters. The monoisotopic (exact) mass is 463 g/mol. The lowest BCUT2D eigenvalue weighted by Crippen LogP contribution is -2.34. The van der Waals surface area contributed by atoms with Crippen molar-refractivity contribution in [2.75, 3.05) is 13.1 Å². The Morgan fingerprint density at radius 3 is 1.91 bits per heavy atom. The summed E-state index contributed by atoms with van der Waals surface area (Å²) in [4.78, 5) is 27.9. The van der Waals surface area contributed by atoms with E-state index in [-0.39, 0.29) is 11.8 Å². The number of aryl methyl sites for hydroxylation is 1. The van der Waals surface area contributed by atoms with Crippen molar-refractivity contribution in [1.29, 1.82) is 0 Å². The number of unbranched alkanes of at least 4 members (excludes halogenated alkanes) is 1. The minimum atomic E-state index is -0.180. The Kier molecular flexibility index (Phi) is 17.3. The van der Waals surface area contributed by atoms with Gasteiger partial charge in [0.2, 0.25) is 5.91 Å². The lowest BCUT2D eigenvalue weighted by molar-refractivity contribution is -0.121. The number of hydrogen-bond donors (Lipinski definition) is 2. The molecular weight excluding hydrogens is 422 g/mol. The second kappa shape index (κ2) is 20.4. The van der Waals surface area contributed by atoms with Crippen molar-refractivity contribution in [3.8, 4) is 0 Å². The molecule has 1 rings (SSSR count). The van der Waals surface area contributed by atoms with Crippen molar-refractivity contribution in [3.63, 3.8) is 0 Å². The van der Waals surface area contributed by atoms with E-state index in [1.165, 1.54) is 0 Å². The highest BCUT2D eigenvalue weighted by atomic mass is 16.2. The van der Waals surface area contributed by atoms with Gasteiger partial charge in [-0.3, -0.25) is 14.6 Å². The topological polar surface area (TPSA) is 71.1 Å². The van der Waals surface area contributed by atoms with E-state index < -0.39 is 0 Å². The van der Waals surface area contributed by atoms with E-state index in [0.717, 1.165) is 50.6 Å². The van der Waals surface area contributed by atoms with Gasteiger partial charge in [0, 0.05) is 31.4 Å². The highest BCUT2D eigenvalue weighted by molar-refractivity contribution is 5.93. The quantitative estimate of drug-likeness (QED) is 0.215. The van der Waals surface area contributed by atoms with E-state index in [2.05, 4.69) is 83.3 Å². The maximum atomic E-state index is 12.0. The zero-order chi connectivity index (χ0) is 24.7. The Labute approximate surface area is 205 Å². The predicted molar refractivity (Wildman–Crippen MR) is 143 cm³/mol. The molecular formula is C29H41N3O2. The van der Waals surface area contributed by atoms with Gasteiger partial charge < -0.3 is 10.6 Å². The van der Waals surface area contributed by atoms with Crippen molar-refractivity contribution in [3.05, 3.63) is 90.3 Å². The van der Waals surface area contributed by atoms with Crippen LogP contribution >= 0.6 is 0 Å². The molecule has 0 radical (unpaired) electrons. The molecule has 0 saturated carbocycles. The van der Waals surface area contributed by atoms with Gasteiger partial charge in [-0.05, 0) is 64.0 Å². The lowest BCUT2D eigenvalue weighted by atomic mass is 10.2. The summed E-state index contributed by atoms with van der Waals surface area (Å²) in [6.45, 7) is 4.84. The molecule has 184 valence electrons. The van der Waals surface area contributed by atoms with E-state index in [1.807, 2.05) is 6.92 Å². The Bertz CT molecular complexity index is 833. The van der Waals surface area contributed by atoms with Crippen LogP contribution in [-0.2, 0) is 4.79 Å². The average molecular weight is 464 g/mol. The van der Waals surface area contributed by atoms with Gasteiger partial charge in [0.05, 0.1) is 5.56 Å². The van der Waals surface area contributed by atoms with E-state index in [9.17, 15) is 9.59 Å². The number of carbonyl (C=O) groups excluding carboxylic acids is 2. The zero-order valence-electron chi connectivity index (χ0n) is 20.8. The van der Waals surface area contributed by atoms with E-state index >= 15 is 0 Å². The highest BCUT2D eigenvalue weighted by Gasteiger charge is 2.05. The smallest absolute Gasteiger partial charge is 0.252 e. The van der Waals surface area contributed by atoms with Crippen molar-refractivity contribution in [2.45, 2.75) is 65.2 Å². The SMILES string of the molecule is CC/C=C\C/C=C\C/C=C\C/C=C\C/C=C\CCCC(=O)NCCNC(=O)c1ccc(C)nc1. The molecule has 1 aromatic heterocycles. The first-order chi connectivity index (χ1) is 16.6. The molecule has 5 heteroatoms. The molecule has 0 aliphatic rings. The number of carbonyl (C=O) groups is 2. The van der Waals surface area contributed by atoms with Crippen LogP contribution in [0.4, 0.5) is 0 Å². The Morgan fingerprint density at radius 2 is 1.35 bits per heavy atom. The van der Waals surface area contributed by atoms with Crippen molar-refractivity contribution in [2.24, 2.45) is 0 Å². The number of allylic oxidation sites excluding steroid dienone is 10. The summed E-state index contributed by atoms with van der Waals surface area (Å²) in [5, 5.41) is 5.61. The molecule has 0 saturated heterocycles. The largest absolute Gasteiger partial charge is 0.354 e. The van der Waals surface area contributed by atoms with Crippen LogP contribution in [-0.4, -0.2) is 29.9 Å². The van der Waals surface area contributed by atoms with Gasteiger partial charge in [-0.15, -0.1) is 0 Å². The molecule has 0 spiro atoms. The minimum absolute atomic E-state index is 0.0126. The van der Waals surface area contributed by atoms with Crippen LogP contribution in [0.25, 0.3) is 0 Å². The van der Waals surface area contributed by atoms with E-state index in [1.54, 1.807) is 18.3 Å². The van der Waals surface area contributed by atoms with Gasteiger partial charge >= 0.3 is 0 Å². The van der Waals surface area contributed by atoms with Crippen LogP contribution in [0.5, 0.6) is 0 Å². The maximum absolute atomic E-state index is 12.0. The normalized spacial score (nSPS) is 12.1. The van der Waals surface area contributed by atoms with Crippen LogP contribution in [0.1, 0.15) is 74.3 Å². The summed E-state index contributed by atoms with van der Waals surface area (Å²) in [6.07, 6.45) is 30.5. The van der Waals surface area contributed by atoms with Gasteiger partial charge in [-0.1, -0.05) is 67.7 Å². The highest BCUT2D eigenvalue weighted by Crippen LogP contribution is 2.00. The number of pyridine rings is 1. The van der Waals surface area contributed by atoms with Crippen molar-refractivity contribution >= 4 is 11.8 Å². The molecule has 2 amide bonds. The molecule has 1 heterocycles. The third-order valence-electron chi connectivity index (χ3n) is 4.84. The third kappa shape index (κ3) is 16.4. The Morgan fingerprint density at radius 1 is 0.794 bits per heavy atom. The van der Waals surface area contributed by atoms with Crippen LogP contribution in [0, 0.1) is 6.92 Å². The molecule has 0 aliphatic heterocycles. The van der Waals surface area contributed by atoms with Crippen LogP contribution < -0.4 is 10.6 Å². The second-order valence-corrected chi connectivity index (χ2v) is 7.89. The number of aromatic nitrogens is 1. The first kappa shape index (κ1) is 28.8. The Hall–Kier alpha value is -3.21. The molecule has 0 aliphatic carbocycles. The molecule has 34 heavy (non-hydrogen) atoms. The number of nitrogens with zero attached hydrogens (tertiary/aromatic N) is 1. The zero-order valence-corrected chi connectivity index (χ0v) is 20.8. The molecule has 0 bridgehead atoms. The van der Waals surface area contributed by atoms with Crippen LogP contribution in [0.2, 0.25) is 0 Å². The summed E-state index contributed by atoms with van der Waals surface area (Å²) in [7, 11) is 0. The number of amides is 2. The van der Waals surface area contributed by atoms with Crippen LogP contribution in [0.3, 0.4) is 0 Å². The first-order valence-corrected chi connectivity index (χ1v) is 12.4. The molecule has 2 N–H and O–H groups in total. The van der Waals surface area contributed by atoms with Gasteiger partial charge in [-0.25, -0.2) is 0 Å². The Balaban J connectivity index is 1.97. The van der Waals surface area contributed by atoms with Gasteiger partial charge in [-0.2, -0.15) is 0 Å². The fourth-order valence-electron chi connectivity index (χ4n) is 2.92. The van der Waals surface area contributed by atoms with E-state index in [0.29, 0.717) is 25.1 Å². The van der Waals surface area contributed by atoms with Gasteiger partial charge in [0.15, 0.2) is 0 Å². The average Bonchev–Trinajstić information content (AvgIpc) is 2.84. The molecule has 0 fully saturated rings. The molecule has 0 atom stereocenters. The van der Waals surface area contributed by atoms with Gasteiger partial charge in [0.1, 0.15) is 0 Å². The first-order valence-electron chi connectivity index (χ1n) is 12.4. The molecule has 5 nitrogen and oxygen atoms in total. The van der Waals surface area contributed by atoms with Crippen molar-refractivity contribution in [1.82, 2.24) is 15.6 Å². The predicted octanol–water partition coefficient (Wildman–Crippen LogP) is 6.16. The fourth-order valence-corrected chi connectivity index (χ4v) is 2.92. The summed E-state index contributed by atoms with van der Waals surface area (Å²) >= 11 is 0.